The Morgan fingerprint density at radius 1 is 1.07 bits per heavy atom. The van der Waals surface area contributed by atoms with Crippen LogP contribution in [0, 0.1) is 13.8 Å². The van der Waals surface area contributed by atoms with Crippen LogP contribution in [0.25, 0.3) is 11.5 Å². The third-order valence-corrected chi connectivity index (χ3v) is 2.19. The third-order valence-electron chi connectivity index (χ3n) is 2.19. The monoisotopic (exact) mass is 203 g/mol. The minimum atomic E-state index is 0.683. The Morgan fingerprint density at radius 3 is 2.33 bits per heavy atom. The Balaban J connectivity index is 0.000000531. The Labute approximate surface area is 91.0 Å². The number of benzene rings is 1. The second-order valence-corrected chi connectivity index (χ2v) is 3.14. The summed E-state index contributed by atoms with van der Waals surface area (Å²) in [5.74, 6) is 0.683. The third kappa shape index (κ3) is 2.69. The highest BCUT2D eigenvalue weighted by molar-refractivity contribution is 5.55. The summed E-state index contributed by atoms with van der Waals surface area (Å²) in [6.07, 6.45) is 3.25. The molecule has 2 heteroatoms. The highest BCUT2D eigenvalue weighted by Crippen LogP contribution is 2.19. The summed E-state index contributed by atoms with van der Waals surface area (Å²) in [4.78, 5) is 4.09. The molecule has 15 heavy (non-hydrogen) atoms. The van der Waals surface area contributed by atoms with E-state index in [-0.39, 0.29) is 0 Å². The predicted molar refractivity (Wildman–Crippen MR) is 62.8 cm³/mol. The molecule has 2 aromatic rings. The Hall–Kier alpha value is -1.57. The molecular weight excluding hydrogens is 186 g/mol. The lowest BCUT2D eigenvalue weighted by Crippen LogP contribution is -1.82. The van der Waals surface area contributed by atoms with E-state index in [0.717, 1.165) is 5.56 Å². The molecule has 0 saturated carbocycles. The number of aromatic nitrogens is 1. The van der Waals surface area contributed by atoms with Crippen LogP contribution in [0.15, 0.2) is 35.1 Å². The quantitative estimate of drug-likeness (QED) is 0.700. The van der Waals surface area contributed by atoms with Gasteiger partial charge in [0.1, 0.15) is 6.26 Å². The van der Waals surface area contributed by atoms with Crippen LogP contribution in [0.3, 0.4) is 0 Å². The normalized spacial score (nSPS) is 9.33. The molecule has 0 bridgehead atoms. The standard InChI is InChI=1S/C11H11NO.C2H6/c1-8-3-4-10(7-9(8)2)11-12-5-6-13-11;1-2/h3-7H,1-2H3;1-2H3. The fraction of sp³-hybridized carbons (Fsp3) is 0.308. The van der Waals surface area contributed by atoms with E-state index < -0.39 is 0 Å². The van der Waals surface area contributed by atoms with Gasteiger partial charge in [0.05, 0.1) is 6.20 Å². The zero-order valence-corrected chi connectivity index (χ0v) is 9.74. The van der Waals surface area contributed by atoms with Gasteiger partial charge in [-0.25, -0.2) is 4.98 Å². The molecule has 80 valence electrons. The SMILES string of the molecule is CC.Cc1ccc(-c2ncco2)cc1C. The number of rotatable bonds is 1. The minimum Gasteiger partial charge on any atom is -0.445 e. The van der Waals surface area contributed by atoms with E-state index >= 15 is 0 Å². The van der Waals surface area contributed by atoms with Crippen LogP contribution in [-0.2, 0) is 0 Å². The summed E-state index contributed by atoms with van der Waals surface area (Å²) in [5, 5.41) is 0. The van der Waals surface area contributed by atoms with Crippen molar-refractivity contribution in [2.24, 2.45) is 0 Å². The molecule has 0 saturated heterocycles. The summed E-state index contributed by atoms with van der Waals surface area (Å²) in [6, 6.07) is 6.18. The van der Waals surface area contributed by atoms with Crippen LogP contribution in [0.1, 0.15) is 25.0 Å². The number of hydrogen-bond acceptors (Lipinski definition) is 2. The average molecular weight is 203 g/mol. The molecule has 0 aliphatic carbocycles. The van der Waals surface area contributed by atoms with Gasteiger partial charge < -0.3 is 4.42 Å². The molecule has 0 amide bonds. The first kappa shape index (κ1) is 11.5. The summed E-state index contributed by atoms with van der Waals surface area (Å²) < 4.78 is 5.20. The smallest absolute Gasteiger partial charge is 0.225 e. The first-order chi connectivity index (χ1) is 7.27. The van der Waals surface area contributed by atoms with Gasteiger partial charge in [-0.3, -0.25) is 0 Å². The van der Waals surface area contributed by atoms with Crippen molar-refractivity contribution in [2.45, 2.75) is 27.7 Å². The molecule has 0 N–H and O–H groups in total. The topological polar surface area (TPSA) is 26.0 Å². The Morgan fingerprint density at radius 2 is 1.80 bits per heavy atom. The van der Waals surface area contributed by atoms with E-state index in [2.05, 4.69) is 31.0 Å². The van der Waals surface area contributed by atoms with Gasteiger partial charge in [0.2, 0.25) is 5.89 Å². The molecule has 1 aromatic heterocycles. The molecular formula is C13H17NO. The number of nitrogens with zero attached hydrogens (tertiary/aromatic N) is 1. The molecule has 0 fully saturated rings. The van der Waals surface area contributed by atoms with Gasteiger partial charge in [-0.15, -0.1) is 0 Å². The van der Waals surface area contributed by atoms with Crippen LogP contribution < -0.4 is 0 Å². The summed E-state index contributed by atoms with van der Waals surface area (Å²) in [6.45, 7) is 8.18. The lowest BCUT2D eigenvalue weighted by atomic mass is 10.1. The second-order valence-electron chi connectivity index (χ2n) is 3.14. The van der Waals surface area contributed by atoms with E-state index in [1.165, 1.54) is 11.1 Å². The highest BCUT2D eigenvalue weighted by atomic mass is 16.3. The largest absolute Gasteiger partial charge is 0.445 e. The van der Waals surface area contributed by atoms with Gasteiger partial charge in [0, 0.05) is 5.56 Å². The maximum Gasteiger partial charge on any atom is 0.225 e. The van der Waals surface area contributed by atoms with Crippen molar-refractivity contribution in [1.29, 1.82) is 0 Å². The highest BCUT2D eigenvalue weighted by Gasteiger charge is 2.02. The van der Waals surface area contributed by atoms with Gasteiger partial charge in [0.15, 0.2) is 0 Å². The molecule has 0 atom stereocenters. The van der Waals surface area contributed by atoms with Gasteiger partial charge in [0.25, 0.3) is 0 Å². The van der Waals surface area contributed by atoms with Crippen molar-refractivity contribution >= 4 is 0 Å². The first-order valence-corrected chi connectivity index (χ1v) is 5.24. The summed E-state index contributed by atoms with van der Waals surface area (Å²) >= 11 is 0. The predicted octanol–water partition coefficient (Wildman–Crippen LogP) is 3.98. The molecule has 0 unspecified atom stereocenters. The Kier molecular flexibility index (Phi) is 4.10. The number of oxazole rings is 1. The van der Waals surface area contributed by atoms with E-state index in [4.69, 9.17) is 4.42 Å². The molecule has 0 spiro atoms. The van der Waals surface area contributed by atoms with Crippen molar-refractivity contribution in [1.82, 2.24) is 4.98 Å². The fourth-order valence-electron chi connectivity index (χ4n) is 1.24. The van der Waals surface area contributed by atoms with Gasteiger partial charge >= 0.3 is 0 Å². The van der Waals surface area contributed by atoms with Crippen molar-refractivity contribution in [3.05, 3.63) is 41.8 Å². The second kappa shape index (κ2) is 5.35. The maximum atomic E-state index is 5.20. The molecule has 0 radical (unpaired) electrons. The van der Waals surface area contributed by atoms with E-state index in [9.17, 15) is 0 Å². The summed E-state index contributed by atoms with van der Waals surface area (Å²) in [7, 11) is 0. The van der Waals surface area contributed by atoms with Crippen LogP contribution in [-0.4, -0.2) is 4.98 Å². The van der Waals surface area contributed by atoms with E-state index in [0.29, 0.717) is 5.89 Å². The molecule has 2 nitrogen and oxygen atoms in total. The zero-order chi connectivity index (χ0) is 11.3. The van der Waals surface area contributed by atoms with Crippen molar-refractivity contribution in [3.8, 4) is 11.5 Å². The van der Waals surface area contributed by atoms with Crippen LogP contribution in [0.4, 0.5) is 0 Å². The number of aryl methyl sites for hydroxylation is 2. The van der Waals surface area contributed by atoms with Gasteiger partial charge in [-0.05, 0) is 37.1 Å². The van der Waals surface area contributed by atoms with Crippen molar-refractivity contribution < 1.29 is 4.42 Å². The fourth-order valence-corrected chi connectivity index (χ4v) is 1.24. The molecule has 2 rings (SSSR count). The van der Waals surface area contributed by atoms with Crippen LogP contribution in [0.2, 0.25) is 0 Å². The zero-order valence-electron chi connectivity index (χ0n) is 9.74. The van der Waals surface area contributed by atoms with E-state index in [1.807, 2.05) is 19.9 Å². The van der Waals surface area contributed by atoms with Crippen LogP contribution in [0.5, 0.6) is 0 Å². The first-order valence-electron chi connectivity index (χ1n) is 5.24. The van der Waals surface area contributed by atoms with Crippen LogP contribution >= 0.6 is 0 Å². The Bertz CT molecular complexity index is 404. The maximum absolute atomic E-state index is 5.20. The lowest BCUT2D eigenvalue weighted by Gasteiger charge is -2.00. The summed E-state index contributed by atoms with van der Waals surface area (Å²) in [5.41, 5.74) is 3.58. The van der Waals surface area contributed by atoms with Crippen molar-refractivity contribution in [3.63, 3.8) is 0 Å². The molecule has 1 aromatic carbocycles. The molecule has 0 aliphatic heterocycles. The van der Waals surface area contributed by atoms with Gasteiger partial charge in [-0.1, -0.05) is 19.9 Å². The average Bonchev–Trinajstić information content (AvgIpc) is 2.78. The lowest BCUT2D eigenvalue weighted by molar-refractivity contribution is 0.574. The van der Waals surface area contributed by atoms with Gasteiger partial charge in [-0.2, -0.15) is 0 Å². The van der Waals surface area contributed by atoms with Crippen molar-refractivity contribution in [2.75, 3.05) is 0 Å². The molecule has 1 heterocycles. The minimum absolute atomic E-state index is 0.683. The van der Waals surface area contributed by atoms with E-state index in [1.54, 1.807) is 12.5 Å². The molecule has 0 aliphatic rings. The number of hydrogen-bond donors (Lipinski definition) is 0.